The number of rotatable bonds is 3. The Morgan fingerprint density at radius 1 is 1.41 bits per heavy atom. The quantitative estimate of drug-likeness (QED) is 0.873. The third kappa shape index (κ3) is 1.98. The summed E-state index contributed by atoms with van der Waals surface area (Å²) in [7, 11) is 1.54. The van der Waals surface area contributed by atoms with Gasteiger partial charge in [-0.3, -0.25) is 0 Å². The van der Waals surface area contributed by atoms with Crippen LogP contribution in [-0.2, 0) is 5.41 Å². The first-order valence-corrected chi connectivity index (χ1v) is 6.28. The predicted molar refractivity (Wildman–Crippen MR) is 68.9 cm³/mol. The Bertz CT molecular complexity index is 414. The lowest BCUT2D eigenvalue weighted by Gasteiger charge is -2.30. The molecule has 4 heteroatoms. The van der Waals surface area contributed by atoms with Crippen LogP contribution in [0.5, 0.6) is 11.5 Å². The molecule has 1 aliphatic carbocycles. The van der Waals surface area contributed by atoms with E-state index in [1.54, 1.807) is 12.1 Å². The highest BCUT2D eigenvalue weighted by atomic mass is 35.5. The van der Waals surface area contributed by atoms with Gasteiger partial charge in [0.1, 0.15) is 0 Å². The largest absolute Gasteiger partial charge is 0.504 e. The number of phenolic OH excluding ortho intramolecular Hbond substituents is 1. The third-order valence-corrected chi connectivity index (χ3v) is 4.11. The highest BCUT2D eigenvalue weighted by molar-refractivity contribution is 6.31. The molecule has 0 unspecified atom stereocenters. The molecule has 3 nitrogen and oxygen atoms in total. The van der Waals surface area contributed by atoms with E-state index >= 15 is 0 Å². The Morgan fingerprint density at radius 3 is 2.59 bits per heavy atom. The molecular formula is C13H18ClNO2. The predicted octanol–water partition coefficient (Wildman–Crippen LogP) is 2.82. The Balaban J connectivity index is 2.56. The lowest BCUT2D eigenvalue weighted by Crippen LogP contribution is -2.32. The fourth-order valence-corrected chi connectivity index (χ4v) is 3.18. The van der Waals surface area contributed by atoms with E-state index in [4.69, 9.17) is 22.1 Å². The smallest absolute Gasteiger partial charge is 0.163 e. The molecule has 1 aliphatic rings. The molecule has 1 aromatic rings. The van der Waals surface area contributed by atoms with Gasteiger partial charge in [0.05, 0.1) is 7.11 Å². The average molecular weight is 256 g/mol. The zero-order valence-electron chi connectivity index (χ0n) is 10.0. The molecule has 2 rings (SSSR count). The summed E-state index contributed by atoms with van der Waals surface area (Å²) in [6.45, 7) is 0.507. The number of hydrogen-bond donors (Lipinski definition) is 2. The Morgan fingerprint density at radius 2 is 2.06 bits per heavy atom. The van der Waals surface area contributed by atoms with E-state index in [1.165, 1.54) is 7.11 Å². The van der Waals surface area contributed by atoms with Gasteiger partial charge in [-0.05, 0) is 25.0 Å². The summed E-state index contributed by atoms with van der Waals surface area (Å²) < 4.78 is 5.14. The lowest BCUT2D eigenvalue weighted by atomic mass is 9.78. The fraction of sp³-hybridized carbons (Fsp3) is 0.538. The van der Waals surface area contributed by atoms with Crippen LogP contribution < -0.4 is 10.5 Å². The zero-order valence-corrected chi connectivity index (χ0v) is 10.8. The summed E-state index contributed by atoms with van der Waals surface area (Å²) in [5, 5.41) is 10.8. The topological polar surface area (TPSA) is 55.5 Å². The monoisotopic (exact) mass is 255 g/mol. The molecule has 0 saturated heterocycles. The molecule has 0 atom stereocenters. The maximum Gasteiger partial charge on any atom is 0.163 e. The zero-order chi connectivity index (χ0) is 12.5. The number of ether oxygens (including phenoxy) is 1. The summed E-state index contributed by atoms with van der Waals surface area (Å²) in [4.78, 5) is 0. The standard InChI is InChI=1S/C13H18ClNO2/c1-17-10-5-4-9(14)11(12(10)16)13(8-15)6-2-3-7-13/h4-5,16H,2-3,6-8,15H2,1H3. The number of phenols is 1. The molecule has 94 valence electrons. The second kappa shape index (κ2) is 4.75. The Labute approximate surface area is 107 Å². The van der Waals surface area contributed by atoms with Gasteiger partial charge in [-0.25, -0.2) is 0 Å². The third-order valence-electron chi connectivity index (χ3n) is 3.79. The van der Waals surface area contributed by atoms with Gasteiger partial charge in [-0.15, -0.1) is 0 Å². The van der Waals surface area contributed by atoms with E-state index in [2.05, 4.69) is 0 Å². The van der Waals surface area contributed by atoms with E-state index < -0.39 is 0 Å². The van der Waals surface area contributed by atoms with Crippen molar-refractivity contribution in [2.24, 2.45) is 5.73 Å². The van der Waals surface area contributed by atoms with Crippen LogP contribution in [0.15, 0.2) is 12.1 Å². The van der Waals surface area contributed by atoms with E-state index in [1.807, 2.05) is 0 Å². The van der Waals surface area contributed by atoms with Crippen LogP contribution in [0.25, 0.3) is 0 Å². The average Bonchev–Trinajstić information content (AvgIpc) is 2.79. The molecule has 17 heavy (non-hydrogen) atoms. The van der Waals surface area contributed by atoms with Crippen molar-refractivity contribution < 1.29 is 9.84 Å². The molecule has 0 amide bonds. The second-order valence-corrected chi connectivity index (χ2v) is 5.07. The summed E-state index contributed by atoms with van der Waals surface area (Å²) in [5.74, 6) is 0.608. The van der Waals surface area contributed by atoms with Crippen LogP contribution in [0.4, 0.5) is 0 Å². The van der Waals surface area contributed by atoms with Crippen molar-refractivity contribution in [3.8, 4) is 11.5 Å². The van der Waals surface area contributed by atoms with Crippen LogP contribution >= 0.6 is 11.6 Å². The van der Waals surface area contributed by atoms with Crippen LogP contribution in [0.1, 0.15) is 31.2 Å². The summed E-state index contributed by atoms with van der Waals surface area (Å²) >= 11 is 6.24. The molecule has 0 aliphatic heterocycles. The van der Waals surface area contributed by atoms with Crippen molar-refractivity contribution in [3.63, 3.8) is 0 Å². The van der Waals surface area contributed by atoms with Gasteiger partial charge in [-0.2, -0.15) is 0 Å². The van der Waals surface area contributed by atoms with Gasteiger partial charge in [0, 0.05) is 22.5 Å². The van der Waals surface area contributed by atoms with Gasteiger partial charge in [0.15, 0.2) is 11.5 Å². The van der Waals surface area contributed by atoms with Crippen molar-refractivity contribution in [1.82, 2.24) is 0 Å². The minimum Gasteiger partial charge on any atom is -0.504 e. The van der Waals surface area contributed by atoms with Gasteiger partial charge >= 0.3 is 0 Å². The van der Waals surface area contributed by atoms with Gasteiger partial charge in [0.2, 0.25) is 0 Å². The maximum atomic E-state index is 10.3. The highest BCUT2D eigenvalue weighted by Gasteiger charge is 2.38. The van der Waals surface area contributed by atoms with Gasteiger partial charge in [0.25, 0.3) is 0 Å². The minimum absolute atomic E-state index is 0.146. The Kier molecular flexibility index (Phi) is 3.50. The molecule has 1 fully saturated rings. The summed E-state index contributed by atoms with van der Waals surface area (Å²) in [6, 6.07) is 3.45. The van der Waals surface area contributed by atoms with Crippen molar-refractivity contribution in [2.45, 2.75) is 31.1 Å². The van der Waals surface area contributed by atoms with Crippen molar-refractivity contribution >= 4 is 11.6 Å². The molecule has 0 bridgehead atoms. The van der Waals surface area contributed by atoms with Crippen LogP contribution in [0.3, 0.4) is 0 Å². The molecule has 0 aromatic heterocycles. The van der Waals surface area contributed by atoms with Crippen molar-refractivity contribution in [2.75, 3.05) is 13.7 Å². The first-order valence-electron chi connectivity index (χ1n) is 5.90. The number of hydrogen-bond acceptors (Lipinski definition) is 3. The number of nitrogens with two attached hydrogens (primary N) is 1. The first kappa shape index (κ1) is 12.5. The molecule has 1 saturated carbocycles. The second-order valence-electron chi connectivity index (χ2n) is 4.66. The lowest BCUT2D eigenvalue weighted by molar-refractivity contribution is 0.354. The van der Waals surface area contributed by atoms with E-state index in [9.17, 15) is 5.11 Å². The molecule has 0 spiro atoms. The van der Waals surface area contributed by atoms with E-state index in [-0.39, 0.29) is 11.2 Å². The molecule has 3 N–H and O–H groups in total. The fourth-order valence-electron chi connectivity index (χ4n) is 2.82. The van der Waals surface area contributed by atoms with E-state index in [0.29, 0.717) is 17.3 Å². The van der Waals surface area contributed by atoms with Crippen LogP contribution in [0.2, 0.25) is 5.02 Å². The van der Waals surface area contributed by atoms with E-state index in [0.717, 1.165) is 31.2 Å². The molecule has 1 aromatic carbocycles. The molecule has 0 radical (unpaired) electrons. The number of benzene rings is 1. The SMILES string of the molecule is COc1ccc(Cl)c(C2(CN)CCCC2)c1O. The highest BCUT2D eigenvalue weighted by Crippen LogP contribution is 2.49. The minimum atomic E-state index is -0.185. The molecule has 0 heterocycles. The number of aromatic hydroxyl groups is 1. The van der Waals surface area contributed by atoms with Gasteiger partial charge < -0.3 is 15.6 Å². The van der Waals surface area contributed by atoms with Gasteiger partial charge in [-0.1, -0.05) is 24.4 Å². The van der Waals surface area contributed by atoms with Crippen LogP contribution in [-0.4, -0.2) is 18.8 Å². The number of halogens is 1. The summed E-state index contributed by atoms with van der Waals surface area (Å²) in [5.41, 5.74) is 6.50. The maximum absolute atomic E-state index is 10.3. The normalized spacial score (nSPS) is 18.3. The first-order chi connectivity index (χ1) is 8.14. The van der Waals surface area contributed by atoms with Crippen molar-refractivity contribution in [3.05, 3.63) is 22.7 Å². The van der Waals surface area contributed by atoms with Crippen molar-refractivity contribution in [1.29, 1.82) is 0 Å². The number of methoxy groups -OCH3 is 1. The summed E-state index contributed by atoms with van der Waals surface area (Å²) in [6.07, 6.45) is 4.21. The van der Waals surface area contributed by atoms with Crippen LogP contribution in [0, 0.1) is 0 Å². The Hall–Kier alpha value is -0.930. The molecular weight excluding hydrogens is 238 g/mol.